The van der Waals surface area contributed by atoms with E-state index in [4.69, 9.17) is 47.0 Å². The van der Waals surface area contributed by atoms with Gasteiger partial charge in [0.2, 0.25) is 0 Å². The van der Waals surface area contributed by atoms with Gasteiger partial charge in [-0.05, 0) is 36.5 Å². The van der Waals surface area contributed by atoms with Gasteiger partial charge in [0.1, 0.15) is 0 Å². The first-order valence-electron chi connectivity index (χ1n) is 6.59. The van der Waals surface area contributed by atoms with Crippen LogP contribution < -0.4 is 15.1 Å². The van der Waals surface area contributed by atoms with Crippen molar-refractivity contribution in [3.05, 3.63) is 29.3 Å². The highest BCUT2D eigenvalue weighted by molar-refractivity contribution is 7.81. The van der Waals surface area contributed by atoms with Crippen LogP contribution in [-0.4, -0.2) is 40.7 Å². The van der Waals surface area contributed by atoms with Gasteiger partial charge in [-0.15, -0.1) is 23.2 Å². The van der Waals surface area contributed by atoms with Crippen LogP contribution >= 0.6 is 54.6 Å². The molecule has 2 N–H and O–H groups in total. The minimum atomic E-state index is -3.43. The van der Waals surface area contributed by atoms with Gasteiger partial charge in [0, 0.05) is 29.9 Å². The molecule has 0 bridgehead atoms. The van der Waals surface area contributed by atoms with Gasteiger partial charge in [-0.2, -0.15) is 0 Å². The van der Waals surface area contributed by atoms with Gasteiger partial charge in [0.05, 0.1) is 5.69 Å². The highest BCUT2D eigenvalue weighted by atomic mass is 35.5. The topological polar surface area (TPSA) is 64.7 Å². The lowest BCUT2D eigenvalue weighted by Gasteiger charge is -2.39. The molecule has 1 unspecified atom stereocenters. The van der Waals surface area contributed by atoms with Crippen LogP contribution in [0.4, 0.5) is 10.5 Å². The summed E-state index contributed by atoms with van der Waals surface area (Å²) in [5.74, 6) is 0.484. The van der Waals surface area contributed by atoms with E-state index in [9.17, 15) is 9.36 Å². The number of urea groups is 1. The van der Waals surface area contributed by atoms with Crippen molar-refractivity contribution < 1.29 is 9.36 Å². The van der Waals surface area contributed by atoms with Crippen molar-refractivity contribution in [2.75, 3.05) is 29.7 Å². The van der Waals surface area contributed by atoms with Crippen LogP contribution in [0.3, 0.4) is 0 Å². The van der Waals surface area contributed by atoms with E-state index in [0.717, 1.165) is 0 Å². The van der Waals surface area contributed by atoms with Crippen LogP contribution in [0.2, 0.25) is 5.02 Å². The van der Waals surface area contributed by atoms with E-state index in [0.29, 0.717) is 23.8 Å². The van der Waals surface area contributed by atoms with Crippen molar-refractivity contribution in [3.63, 3.8) is 0 Å². The van der Waals surface area contributed by atoms with Crippen molar-refractivity contribution in [1.29, 1.82) is 0 Å². The Balaban J connectivity index is 2.24. The molecule has 1 heterocycles. The Bertz CT molecular complexity index is 618. The molecule has 126 valence electrons. The van der Waals surface area contributed by atoms with Gasteiger partial charge < -0.3 is 0 Å². The van der Waals surface area contributed by atoms with E-state index < -0.39 is 13.6 Å². The van der Waals surface area contributed by atoms with E-state index >= 15 is 0 Å². The average molecular weight is 416 g/mol. The first kappa shape index (κ1) is 18.8. The molecule has 23 heavy (non-hydrogen) atoms. The first-order valence-corrected chi connectivity index (χ1v) is 10.1. The summed E-state index contributed by atoms with van der Waals surface area (Å²) in [6, 6.07) is 5.96. The van der Waals surface area contributed by atoms with Crippen molar-refractivity contribution in [1.82, 2.24) is 14.8 Å². The molecule has 2 rings (SSSR count). The molecule has 11 heteroatoms. The van der Waals surface area contributed by atoms with Gasteiger partial charge in [-0.3, -0.25) is 14.7 Å². The molecule has 0 saturated carbocycles. The normalized spacial score (nSPS) is 21.3. The van der Waals surface area contributed by atoms with E-state index in [2.05, 4.69) is 10.2 Å². The van der Waals surface area contributed by atoms with Crippen LogP contribution in [-0.2, 0) is 4.57 Å². The number of amides is 2. The number of benzene rings is 1. The second-order valence-electron chi connectivity index (χ2n) is 4.55. The average Bonchev–Trinajstić information content (AvgIpc) is 2.48. The fourth-order valence-electron chi connectivity index (χ4n) is 2.03. The summed E-state index contributed by atoms with van der Waals surface area (Å²) < 4.78 is 14.5. The zero-order chi connectivity index (χ0) is 17.0. The Morgan fingerprint density at radius 1 is 1.13 bits per heavy atom. The van der Waals surface area contributed by atoms with E-state index in [1.165, 1.54) is 9.57 Å². The standard InChI is InChI=1S/C12H14Cl3N4O2PS/c13-5-7-18(8-6-14)22(21)16-11(20)19(12(23)17-22)10-3-1-9(15)2-4-10/h1-4H,5-8H2,(H2,16,17,20,21,23). The third kappa shape index (κ3) is 4.29. The molecule has 1 atom stereocenters. The minimum Gasteiger partial charge on any atom is -0.284 e. The Labute approximate surface area is 154 Å². The van der Waals surface area contributed by atoms with Crippen LogP contribution in [0.15, 0.2) is 24.3 Å². The summed E-state index contributed by atoms with van der Waals surface area (Å²) >= 11 is 22.5. The fraction of sp³-hybridized carbons (Fsp3) is 0.333. The van der Waals surface area contributed by atoms with Crippen LogP contribution in [0, 0.1) is 0 Å². The highest BCUT2D eigenvalue weighted by Gasteiger charge is 2.41. The summed E-state index contributed by atoms with van der Waals surface area (Å²) in [4.78, 5) is 13.6. The molecule has 0 spiro atoms. The molecule has 2 amide bonds. The maximum absolute atomic E-state index is 13.0. The number of hydrogen-bond donors (Lipinski definition) is 2. The number of halogens is 3. The maximum Gasteiger partial charge on any atom is 0.336 e. The van der Waals surface area contributed by atoms with Crippen LogP contribution in [0.25, 0.3) is 0 Å². The summed E-state index contributed by atoms with van der Waals surface area (Å²) in [6.45, 7) is 0.588. The largest absolute Gasteiger partial charge is 0.336 e. The van der Waals surface area contributed by atoms with Gasteiger partial charge >= 0.3 is 13.6 Å². The quantitative estimate of drug-likeness (QED) is 0.422. The zero-order valence-corrected chi connectivity index (χ0v) is 15.8. The Hall–Kier alpha value is -0.560. The Morgan fingerprint density at radius 2 is 1.70 bits per heavy atom. The number of anilines is 1. The molecule has 1 aliphatic rings. The number of rotatable bonds is 6. The lowest BCUT2D eigenvalue weighted by Crippen LogP contribution is -2.57. The third-order valence-corrected chi connectivity index (χ3v) is 6.30. The number of thiocarbonyl (C=S) groups is 1. The fourth-order valence-corrected chi connectivity index (χ4v) is 5.18. The SMILES string of the molecule is O=C1NP(=O)(N(CCCl)CCCl)NC(=S)N1c1ccc(Cl)cc1. The predicted octanol–water partition coefficient (Wildman–Crippen LogP) is 3.63. The predicted molar refractivity (Wildman–Crippen MR) is 98.8 cm³/mol. The molecule has 1 saturated heterocycles. The van der Waals surface area contributed by atoms with E-state index in [1.54, 1.807) is 24.3 Å². The van der Waals surface area contributed by atoms with Crippen molar-refractivity contribution in [2.45, 2.75) is 0 Å². The molecule has 0 aliphatic carbocycles. The van der Waals surface area contributed by atoms with Gasteiger partial charge in [0.25, 0.3) is 0 Å². The summed E-state index contributed by atoms with van der Waals surface area (Å²) in [7, 11) is -3.43. The van der Waals surface area contributed by atoms with Gasteiger partial charge in [-0.25, -0.2) is 14.4 Å². The molecule has 0 aromatic heterocycles. The van der Waals surface area contributed by atoms with Gasteiger partial charge in [0.15, 0.2) is 5.11 Å². The molecule has 1 aromatic carbocycles. The summed E-state index contributed by atoms with van der Waals surface area (Å²) in [6.07, 6.45) is 0. The summed E-state index contributed by atoms with van der Waals surface area (Å²) in [5.41, 5.74) is 0.511. The second kappa shape index (κ2) is 8.01. The second-order valence-corrected chi connectivity index (χ2v) is 8.30. The maximum atomic E-state index is 13.0. The monoisotopic (exact) mass is 414 g/mol. The molecule has 1 aliphatic heterocycles. The summed E-state index contributed by atoms with van der Waals surface area (Å²) in [5, 5.41) is 5.76. The smallest absolute Gasteiger partial charge is 0.284 e. The van der Waals surface area contributed by atoms with E-state index in [1.807, 2.05) is 0 Å². The molecular formula is C12H14Cl3N4O2PS. The molecule has 6 nitrogen and oxygen atoms in total. The number of nitrogens with one attached hydrogen (secondary N) is 2. The zero-order valence-electron chi connectivity index (χ0n) is 11.8. The highest BCUT2D eigenvalue weighted by Crippen LogP contribution is 2.44. The first-order chi connectivity index (χ1) is 10.9. The molecule has 1 aromatic rings. The third-order valence-electron chi connectivity index (χ3n) is 3.07. The number of hydrogen-bond acceptors (Lipinski definition) is 3. The number of carbonyl (C=O) groups excluding carboxylic acids is 1. The lowest BCUT2D eigenvalue weighted by atomic mass is 10.3. The minimum absolute atomic E-state index is 0.0357. The van der Waals surface area contributed by atoms with Gasteiger partial charge in [-0.1, -0.05) is 11.6 Å². The van der Waals surface area contributed by atoms with E-state index in [-0.39, 0.29) is 16.9 Å². The number of nitrogens with zero attached hydrogens (tertiary/aromatic N) is 2. The molecular weight excluding hydrogens is 402 g/mol. The Kier molecular flexibility index (Phi) is 6.54. The lowest BCUT2D eigenvalue weighted by molar-refractivity contribution is 0.251. The van der Waals surface area contributed by atoms with Crippen LogP contribution in [0.5, 0.6) is 0 Å². The number of alkyl halides is 2. The number of carbonyl (C=O) groups is 1. The van der Waals surface area contributed by atoms with Crippen molar-refractivity contribution in [2.24, 2.45) is 0 Å². The molecule has 1 fully saturated rings. The molecule has 0 radical (unpaired) electrons. The van der Waals surface area contributed by atoms with Crippen molar-refractivity contribution in [3.8, 4) is 0 Å². The van der Waals surface area contributed by atoms with Crippen molar-refractivity contribution >= 4 is 71.4 Å². The Morgan fingerprint density at radius 3 is 2.17 bits per heavy atom. The van der Waals surface area contributed by atoms with Crippen LogP contribution in [0.1, 0.15) is 0 Å².